The van der Waals surface area contributed by atoms with E-state index in [1.54, 1.807) is 0 Å². The zero-order valence-corrected chi connectivity index (χ0v) is 7.13. The van der Waals surface area contributed by atoms with E-state index in [-0.39, 0.29) is 5.92 Å². The van der Waals surface area contributed by atoms with Gasteiger partial charge in [0, 0.05) is 5.33 Å². The van der Waals surface area contributed by atoms with Gasteiger partial charge in [-0.25, -0.2) is 0 Å². The van der Waals surface area contributed by atoms with Gasteiger partial charge < -0.3 is 0 Å². The van der Waals surface area contributed by atoms with Crippen molar-refractivity contribution in [1.29, 1.82) is 5.26 Å². The Morgan fingerprint density at radius 2 is 2.60 bits per heavy atom. The Balaban J connectivity index is 2.56. The third-order valence-electron chi connectivity index (χ3n) is 1.50. The molecule has 0 aromatic carbocycles. The maximum absolute atomic E-state index is 8.51. The lowest BCUT2D eigenvalue weighted by Gasteiger charge is -2.06. The van der Waals surface area contributed by atoms with Crippen molar-refractivity contribution in [2.75, 3.05) is 5.33 Å². The molecule has 0 amide bonds. The van der Waals surface area contributed by atoms with Crippen molar-refractivity contribution in [2.45, 2.75) is 6.42 Å². The third-order valence-corrected chi connectivity index (χ3v) is 2.14. The van der Waals surface area contributed by atoms with E-state index in [1.807, 2.05) is 12.2 Å². The molecule has 10 heavy (non-hydrogen) atoms. The summed E-state index contributed by atoms with van der Waals surface area (Å²) in [7, 11) is 0. The summed E-state index contributed by atoms with van der Waals surface area (Å²) in [5.74, 6) is 0.0998. The molecule has 1 aliphatic carbocycles. The second kappa shape index (κ2) is 3.58. The maximum Gasteiger partial charge on any atom is 0.0700 e. The molecule has 1 atom stereocenters. The van der Waals surface area contributed by atoms with Gasteiger partial charge in [0.15, 0.2) is 0 Å². The van der Waals surface area contributed by atoms with Crippen LogP contribution in [0.1, 0.15) is 6.42 Å². The largest absolute Gasteiger partial charge is 0.198 e. The monoisotopic (exact) mass is 197 g/mol. The lowest BCUT2D eigenvalue weighted by atomic mass is 9.99. The van der Waals surface area contributed by atoms with Crippen LogP contribution < -0.4 is 0 Å². The van der Waals surface area contributed by atoms with E-state index >= 15 is 0 Å². The lowest BCUT2D eigenvalue weighted by Crippen LogP contribution is -1.96. The highest BCUT2D eigenvalue weighted by Gasteiger charge is 2.05. The van der Waals surface area contributed by atoms with Gasteiger partial charge in [-0.1, -0.05) is 34.2 Å². The van der Waals surface area contributed by atoms with E-state index in [1.165, 1.54) is 5.57 Å². The van der Waals surface area contributed by atoms with Crippen LogP contribution in [-0.2, 0) is 0 Å². The van der Waals surface area contributed by atoms with Crippen LogP contribution in [0.2, 0.25) is 0 Å². The van der Waals surface area contributed by atoms with Crippen molar-refractivity contribution >= 4 is 15.9 Å². The summed E-state index contributed by atoms with van der Waals surface area (Å²) in [6, 6.07) is 2.20. The molecule has 0 fully saturated rings. The van der Waals surface area contributed by atoms with Crippen LogP contribution in [-0.4, -0.2) is 5.33 Å². The minimum atomic E-state index is 0.0998. The summed E-state index contributed by atoms with van der Waals surface area (Å²) in [5.41, 5.74) is 1.27. The number of rotatable bonds is 1. The molecule has 1 rings (SSSR count). The number of nitriles is 1. The molecule has 0 aliphatic heterocycles. The molecular formula is C8H8BrN. The van der Waals surface area contributed by atoms with Crippen molar-refractivity contribution < 1.29 is 0 Å². The zero-order valence-electron chi connectivity index (χ0n) is 5.55. The van der Waals surface area contributed by atoms with E-state index in [0.29, 0.717) is 0 Å². The van der Waals surface area contributed by atoms with Crippen LogP contribution in [0.25, 0.3) is 0 Å². The second-order valence-corrected chi connectivity index (χ2v) is 2.80. The molecule has 2 heteroatoms. The summed E-state index contributed by atoms with van der Waals surface area (Å²) in [6.45, 7) is 0. The number of hydrogen-bond donors (Lipinski definition) is 0. The third kappa shape index (κ3) is 1.71. The molecule has 0 saturated carbocycles. The zero-order chi connectivity index (χ0) is 7.40. The lowest BCUT2D eigenvalue weighted by molar-refractivity contribution is 0.830. The number of nitrogens with zero attached hydrogens (tertiary/aromatic N) is 1. The van der Waals surface area contributed by atoms with Crippen LogP contribution in [0.5, 0.6) is 0 Å². The van der Waals surface area contributed by atoms with Gasteiger partial charge in [0.2, 0.25) is 0 Å². The average Bonchev–Trinajstić information content (AvgIpc) is 2.05. The van der Waals surface area contributed by atoms with E-state index < -0.39 is 0 Å². The predicted molar refractivity (Wildman–Crippen MR) is 44.7 cm³/mol. The number of allylic oxidation sites excluding steroid dienone is 4. The molecule has 1 nitrogen and oxygen atoms in total. The first-order valence-electron chi connectivity index (χ1n) is 3.19. The highest BCUT2D eigenvalue weighted by molar-refractivity contribution is 9.09. The number of hydrogen-bond acceptors (Lipinski definition) is 1. The summed E-state index contributed by atoms with van der Waals surface area (Å²) in [5, 5.41) is 9.40. The van der Waals surface area contributed by atoms with E-state index in [2.05, 4.69) is 28.1 Å². The quantitative estimate of drug-likeness (QED) is 0.593. The Kier molecular flexibility index (Phi) is 2.70. The Morgan fingerprint density at radius 1 is 1.80 bits per heavy atom. The SMILES string of the molecule is N#CC1C=CC(CBr)=CC1. The van der Waals surface area contributed by atoms with Gasteiger partial charge in [-0.15, -0.1) is 0 Å². The van der Waals surface area contributed by atoms with Crippen molar-refractivity contribution in [2.24, 2.45) is 5.92 Å². The van der Waals surface area contributed by atoms with Gasteiger partial charge in [0.05, 0.1) is 12.0 Å². The summed E-state index contributed by atoms with van der Waals surface area (Å²) in [4.78, 5) is 0. The highest BCUT2D eigenvalue weighted by Crippen LogP contribution is 2.16. The van der Waals surface area contributed by atoms with Crippen LogP contribution >= 0.6 is 15.9 Å². The Bertz CT molecular complexity index is 210. The molecule has 0 spiro atoms. The molecular weight excluding hydrogens is 190 g/mol. The van der Waals surface area contributed by atoms with Crippen LogP contribution in [0.4, 0.5) is 0 Å². The van der Waals surface area contributed by atoms with E-state index in [0.717, 1.165) is 11.8 Å². The number of alkyl halides is 1. The second-order valence-electron chi connectivity index (χ2n) is 2.24. The normalized spacial score (nSPS) is 23.6. The fraction of sp³-hybridized carbons (Fsp3) is 0.375. The van der Waals surface area contributed by atoms with Gasteiger partial charge in [-0.05, 0) is 12.0 Å². The van der Waals surface area contributed by atoms with Gasteiger partial charge >= 0.3 is 0 Å². The molecule has 0 bridgehead atoms. The Morgan fingerprint density at radius 3 is 3.00 bits per heavy atom. The van der Waals surface area contributed by atoms with Crippen LogP contribution in [0, 0.1) is 17.2 Å². The molecule has 52 valence electrons. The van der Waals surface area contributed by atoms with Gasteiger partial charge in [-0.2, -0.15) is 5.26 Å². The van der Waals surface area contributed by atoms with Gasteiger partial charge in [-0.3, -0.25) is 0 Å². The predicted octanol–water partition coefficient (Wildman–Crippen LogP) is 2.41. The molecule has 0 N–H and O–H groups in total. The van der Waals surface area contributed by atoms with Crippen molar-refractivity contribution in [3.8, 4) is 6.07 Å². The first-order valence-corrected chi connectivity index (χ1v) is 4.32. The van der Waals surface area contributed by atoms with Crippen LogP contribution in [0.3, 0.4) is 0 Å². The molecule has 0 aromatic heterocycles. The van der Waals surface area contributed by atoms with E-state index in [4.69, 9.17) is 5.26 Å². The van der Waals surface area contributed by atoms with E-state index in [9.17, 15) is 0 Å². The average molecular weight is 198 g/mol. The minimum Gasteiger partial charge on any atom is -0.198 e. The fourth-order valence-electron chi connectivity index (χ4n) is 0.860. The molecule has 0 radical (unpaired) electrons. The first kappa shape index (κ1) is 7.56. The van der Waals surface area contributed by atoms with Crippen LogP contribution in [0.15, 0.2) is 23.8 Å². The van der Waals surface area contributed by atoms with Crippen molar-refractivity contribution in [3.05, 3.63) is 23.8 Å². The maximum atomic E-state index is 8.51. The fourth-order valence-corrected chi connectivity index (χ4v) is 1.28. The summed E-state index contributed by atoms with van der Waals surface area (Å²) in [6.07, 6.45) is 6.93. The summed E-state index contributed by atoms with van der Waals surface area (Å²) < 4.78 is 0. The standard InChI is InChI=1S/C8H8BrN/c9-5-7-1-3-8(6-10)4-2-7/h1-3,8H,4-5H2. The Labute approximate surface area is 69.2 Å². The highest BCUT2D eigenvalue weighted by atomic mass is 79.9. The van der Waals surface area contributed by atoms with Crippen molar-refractivity contribution in [3.63, 3.8) is 0 Å². The molecule has 1 aliphatic rings. The smallest absolute Gasteiger partial charge is 0.0700 e. The Hall–Kier alpha value is -0.550. The van der Waals surface area contributed by atoms with Gasteiger partial charge in [0.1, 0.15) is 0 Å². The first-order chi connectivity index (χ1) is 4.86. The van der Waals surface area contributed by atoms with Gasteiger partial charge in [0.25, 0.3) is 0 Å². The number of halogens is 1. The summed E-state index contributed by atoms with van der Waals surface area (Å²) >= 11 is 3.35. The minimum absolute atomic E-state index is 0.0998. The molecule has 0 aromatic rings. The molecule has 0 heterocycles. The topological polar surface area (TPSA) is 23.8 Å². The molecule has 0 saturated heterocycles. The molecule has 1 unspecified atom stereocenters. The van der Waals surface area contributed by atoms with Crippen molar-refractivity contribution in [1.82, 2.24) is 0 Å².